The Morgan fingerprint density at radius 2 is 2.10 bits per heavy atom. The highest BCUT2D eigenvalue weighted by molar-refractivity contribution is 7.13. The zero-order valence-electron chi connectivity index (χ0n) is 11.2. The first-order valence-electron chi connectivity index (χ1n) is 6.56. The van der Waals surface area contributed by atoms with Crippen LogP contribution < -0.4 is 5.32 Å². The van der Waals surface area contributed by atoms with Crippen LogP contribution >= 0.6 is 11.3 Å². The van der Waals surface area contributed by atoms with Gasteiger partial charge in [-0.05, 0) is 18.7 Å². The van der Waals surface area contributed by atoms with Gasteiger partial charge in [-0.15, -0.1) is 11.3 Å². The SMILES string of the molecule is CNC(Cc1csc(-c2ccoc2)n1)c1ccccc1. The largest absolute Gasteiger partial charge is 0.472 e. The second-order valence-corrected chi connectivity index (χ2v) is 5.47. The summed E-state index contributed by atoms with van der Waals surface area (Å²) in [5.74, 6) is 0. The summed E-state index contributed by atoms with van der Waals surface area (Å²) in [6.07, 6.45) is 4.29. The van der Waals surface area contributed by atoms with Gasteiger partial charge in [0, 0.05) is 23.4 Å². The Morgan fingerprint density at radius 3 is 2.80 bits per heavy atom. The topological polar surface area (TPSA) is 38.1 Å². The van der Waals surface area contributed by atoms with Crippen molar-refractivity contribution in [1.29, 1.82) is 0 Å². The van der Waals surface area contributed by atoms with E-state index in [0.29, 0.717) is 0 Å². The average molecular weight is 284 g/mol. The number of thiazole rings is 1. The van der Waals surface area contributed by atoms with Gasteiger partial charge in [-0.3, -0.25) is 0 Å². The van der Waals surface area contributed by atoms with Crippen molar-refractivity contribution < 1.29 is 4.42 Å². The lowest BCUT2D eigenvalue weighted by Gasteiger charge is -2.15. The lowest BCUT2D eigenvalue weighted by atomic mass is 10.0. The Morgan fingerprint density at radius 1 is 1.25 bits per heavy atom. The van der Waals surface area contributed by atoms with Crippen molar-refractivity contribution in [3.8, 4) is 10.6 Å². The first-order valence-corrected chi connectivity index (χ1v) is 7.44. The fourth-order valence-electron chi connectivity index (χ4n) is 2.20. The van der Waals surface area contributed by atoms with Crippen LogP contribution in [0.4, 0.5) is 0 Å². The quantitative estimate of drug-likeness (QED) is 0.772. The van der Waals surface area contributed by atoms with Gasteiger partial charge in [0.05, 0.1) is 12.0 Å². The lowest BCUT2D eigenvalue weighted by Crippen LogP contribution is -2.18. The Labute approximate surface area is 122 Å². The molecule has 2 heterocycles. The zero-order chi connectivity index (χ0) is 13.8. The van der Waals surface area contributed by atoms with Crippen molar-refractivity contribution >= 4 is 11.3 Å². The van der Waals surface area contributed by atoms with Gasteiger partial charge in [0.1, 0.15) is 11.3 Å². The molecule has 3 aromatic rings. The van der Waals surface area contributed by atoms with Gasteiger partial charge in [0.2, 0.25) is 0 Å². The molecule has 0 bridgehead atoms. The monoisotopic (exact) mass is 284 g/mol. The maximum absolute atomic E-state index is 5.10. The van der Waals surface area contributed by atoms with Crippen molar-refractivity contribution in [1.82, 2.24) is 10.3 Å². The van der Waals surface area contributed by atoms with Crippen LogP contribution in [0, 0.1) is 0 Å². The number of rotatable bonds is 5. The van der Waals surface area contributed by atoms with Crippen molar-refractivity contribution in [2.45, 2.75) is 12.5 Å². The van der Waals surface area contributed by atoms with E-state index in [2.05, 4.69) is 39.9 Å². The smallest absolute Gasteiger partial charge is 0.126 e. The van der Waals surface area contributed by atoms with E-state index in [9.17, 15) is 0 Å². The maximum atomic E-state index is 5.10. The highest BCUT2D eigenvalue weighted by Gasteiger charge is 2.13. The van der Waals surface area contributed by atoms with Crippen LogP contribution in [-0.4, -0.2) is 12.0 Å². The van der Waals surface area contributed by atoms with Crippen LogP contribution in [0.2, 0.25) is 0 Å². The predicted molar refractivity (Wildman–Crippen MR) is 81.8 cm³/mol. The van der Waals surface area contributed by atoms with Crippen molar-refractivity contribution in [3.05, 3.63) is 65.6 Å². The van der Waals surface area contributed by atoms with E-state index in [0.717, 1.165) is 22.7 Å². The van der Waals surface area contributed by atoms with Crippen LogP contribution in [0.5, 0.6) is 0 Å². The van der Waals surface area contributed by atoms with Gasteiger partial charge in [-0.25, -0.2) is 4.98 Å². The Hall–Kier alpha value is -1.91. The molecule has 0 aliphatic heterocycles. The zero-order valence-corrected chi connectivity index (χ0v) is 12.1. The third-order valence-corrected chi connectivity index (χ3v) is 4.22. The summed E-state index contributed by atoms with van der Waals surface area (Å²) in [6, 6.07) is 12.7. The van der Waals surface area contributed by atoms with Gasteiger partial charge >= 0.3 is 0 Å². The molecule has 20 heavy (non-hydrogen) atoms. The maximum Gasteiger partial charge on any atom is 0.126 e. The second kappa shape index (κ2) is 6.03. The van der Waals surface area contributed by atoms with Crippen LogP contribution in [0.1, 0.15) is 17.3 Å². The van der Waals surface area contributed by atoms with Gasteiger partial charge in [-0.1, -0.05) is 30.3 Å². The molecular formula is C16H16N2OS. The molecule has 0 aliphatic rings. The second-order valence-electron chi connectivity index (χ2n) is 4.61. The minimum absolute atomic E-state index is 0.287. The Kier molecular flexibility index (Phi) is 3.95. The molecule has 0 fully saturated rings. The lowest BCUT2D eigenvalue weighted by molar-refractivity contribution is 0.568. The number of benzene rings is 1. The molecule has 1 unspecified atom stereocenters. The molecule has 0 saturated carbocycles. The van der Waals surface area contributed by atoms with Gasteiger partial charge in [0.15, 0.2) is 0 Å². The van der Waals surface area contributed by atoms with Crippen molar-refractivity contribution in [2.24, 2.45) is 0 Å². The summed E-state index contributed by atoms with van der Waals surface area (Å²) in [7, 11) is 1.99. The molecule has 0 aliphatic carbocycles. The molecule has 0 spiro atoms. The van der Waals surface area contributed by atoms with Crippen LogP contribution in [0.3, 0.4) is 0 Å². The molecule has 4 heteroatoms. The molecule has 1 N–H and O–H groups in total. The molecule has 3 rings (SSSR count). The standard InChI is InChI=1S/C16H16N2OS/c1-17-15(12-5-3-2-4-6-12)9-14-11-20-16(18-14)13-7-8-19-10-13/h2-8,10-11,15,17H,9H2,1H3. The number of nitrogens with one attached hydrogen (secondary N) is 1. The van der Waals surface area contributed by atoms with Crippen molar-refractivity contribution in [2.75, 3.05) is 7.05 Å². The number of likely N-dealkylation sites (N-methyl/N-ethyl adjacent to an activating group) is 1. The predicted octanol–water partition coefficient (Wildman–Crippen LogP) is 3.91. The summed E-state index contributed by atoms with van der Waals surface area (Å²) in [5, 5.41) is 6.49. The third kappa shape index (κ3) is 2.81. The van der Waals surface area contributed by atoms with Crippen LogP contribution in [0.15, 0.2) is 58.7 Å². The van der Waals surface area contributed by atoms with E-state index in [1.165, 1.54) is 5.56 Å². The van der Waals surface area contributed by atoms with E-state index in [1.807, 2.05) is 19.2 Å². The number of aromatic nitrogens is 1. The summed E-state index contributed by atoms with van der Waals surface area (Å²) in [5.41, 5.74) is 3.43. The molecular weight excluding hydrogens is 268 g/mol. The van der Waals surface area contributed by atoms with E-state index in [1.54, 1.807) is 23.9 Å². The Bertz CT molecular complexity index is 646. The van der Waals surface area contributed by atoms with Crippen molar-refractivity contribution in [3.63, 3.8) is 0 Å². The first kappa shape index (κ1) is 13.1. The molecule has 1 atom stereocenters. The summed E-state index contributed by atoms with van der Waals surface area (Å²) >= 11 is 1.66. The van der Waals surface area contributed by atoms with E-state index < -0.39 is 0 Å². The minimum Gasteiger partial charge on any atom is -0.472 e. The molecule has 2 aromatic heterocycles. The minimum atomic E-state index is 0.287. The molecule has 0 saturated heterocycles. The summed E-state index contributed by atoms with van der Waals surface area (Å²) in [4.78, 5) is 4.68. The molecule has 0 amide bonds. The van der Waals surface area contributed by atoms with Crippen LogP contribution in [-0.2, 0) is 6.42 Å². The summed E-state index contributed by atoms with van der Waals surface area (Å²) in [6.45, 7) is 0. The fourth-order valence-corrected chi connectivity index (χ4v) is 3.02. The highest BCUT2D eigenvalue weighted by atomic mass is 32.1. The number of hydrogen-bond acceptors (Lipinski definition) is 4. The van der Waals surface area contributed by atoms with Crippen LogP contribution in [0.25, 0.3) is 10.6 Å². The van der Waals surface area contributed by atoms with Gasteiger partial charge in [0.25, 0.3) is 0 Å². The molecule has 1 aromatic carbocycles. The third-order valence-electron chi connectivity index (χ3n) is 3.28. The van der Waals surface area contributed by atoms with Gasteiger partial charge in [-0.2, -0.15) is 0 Å². The highest BCUT2D eigenvalue weighted by Crippen LogP contribution is 2.26. The van der Waals surface area contributed by atoms with E-state index in [4.69, 9.17) is 4.42 Å². The Balaban J connectivity index is 1.77. The summed E-state index contributed by atoms with van der Waals surface area (Å²) < 4.78 is 5.10. The van der Waals surface area contributed by atoms with Gasteiger partial charge < -0.3 is 9.73 Å². The average Bonchev–Trinajstić information content (AvgIpc) is 3.16. The molecule has 102 valence electrons. The normalized spacial score (nSPS) is 12.4. The van der Waals surface area contributed by atoms with E-state index >= 15 is 0 Å². The molecule has 3 nitrogen and oxygen atoms in total. The first-order chi connectivity index (χ1) is 9.86. The van der Waals surface area contributed by atoms with E-state index in [-0.39, 0.29) is 6.04 Å². The molecule has 0 radical (unpaired) electrons. The fraction of sp³-hybridized carbons (Fsp3) is 0.188. The number of furan rings is 1. The number of hydrogen-bond donors (Lipinski definition) is 1. The number of nitrogens with zero attached hydrogens (tertiary/aromatic N) is 1.